The van der Waals surface area contributed by atoms with E-state index in [0.29, 0.717) is 37.9 Å². The average molecular weight is 584 g/mol. The number of H-pyrrole nitrogens is 1. The van der Waals surface area contributed by atoms with E-state index in [1.165, 1.54) is 12.6 Å². The molecule has 12 nitrogen and oxygen atoms in total. The summed E-state index contributed by atoms with van der Waals surface area (Å²) in [6.07, 6.45) is 4.31. The van der Waals surface area contributed by atoms with Crippen molar-refractivity contribution in [3.05, 3.63) is 96.1 Å². The van der Waals surface area contributed by atoms with E-state index in [9.17, 15) is 19.2 Å². The molecule has 4 amide bonds. The van der Waals surface area contributed by atoms with Crippen molar-refractivity contribution in [3.8, 4) is 11.3 Å². The van der Waals surface area contributed by atoms with Crippen LogP contribution in [0.3, 0.4) is 0 Å². The highest BCUT2D eigenvalue weighted by Gasteiger charge is 2.28. The van der Waals surface area contributed by atoms with Crippen LogP contribution in [0.5, 0.6) is 0 Å². The number of aromatic nitrogens is 3. The minimum absolute atomic E-state index is 0.0217. The van der Waals surface area contributed by atoms with E-state index in [1.807, 2.05) is 60.7 Å². The molecule has 1 aliphatic heterocycles. The molecule has 3 atom stereocenters. The molecule has 0 radical (unpaired) electrons. The predicted octanol–water partition coefficient (Wildman–Crippen LogP) is 2.68. The molecule has 2 aromatic heterocycles. The number of nitrogens with zero attached hydrogens (tertiary/aromatic N) is 2. The molecule has 2 aromatic carbocycles. The topological polar surface area (TPSA) is 171 Å². The van der Waals surface area contributed by atoms with Gasteiger partial charge in [0.05, 0.1) is 6.33 Å². The Balaban J connectivity index is 1.33. The molecule has 1 aliphatic rings. The maximum atomic E-state index is 13.4. The Labute approximate surface area is 248 Å². The molecule has 5 N–H and O–H groups in total. The van der Waals surface area contributed by atoms with Crippen LogP contribution in [0.15, 0.2) is 77.7 Å². The molecule has 0 saturated heterocycles. The second-order valence-electron chi connectivity index (χ2n) is 10.3. The van der Waals surface area contributed by atoms with E-state index in [0.717, 1.165) is 11.1 Å². The number of fused-ring (bicyclic) bond motifs is 2. The molecule has 0 saturated carbocycles. The third kappa shape index (κ3) is 7.34. The Morgan fingerprint density at radius 3 is 2.49 bits per heavy atom. The Kier molecular flexibility index (Phi) is 9.25. The van der Waals surface area contributed by atoms with Crippen LogP contribution in [-0.4, -0.2) is 57.2 Å². The van der Waals surface area contributed by atoms with Gasteiger partial charge in [-0.3, -0.25) is 19.2 Å². The van der Waals surface area contributed by atoms with Crippen molar-refractivity contribution in [1.82, 2.24) is 36.2 Å². The summed E-state index contributed by atoms with van der Waals surface area (Å²) in [5.74, 6) is -1.72. The van der Waals surface area contributed by atoms with Crippen LogP contribution < -0.4 is 21.3 Å². The van der Waals surface area contributed by atoms with E-state index in [-0.39, 0.29) is 23.2 Å². The van der Waals surface area contributed by atoms with Gasteiger partial charge in [-0.15, -0.1) is 0 Å². The van der Waals surface area contributed by atoms with Crippen LogP contribution in [-0.2, 0) is 16.0 Å². The number of rotatable bonds is 5. The third-order valence-corrected chi connectivity index (χ3v) is 7.14. The number of oxazole rings is 1. The molecule has 2 bridgehead atoms. The number of carbonyl (C=O) groups is 4. The number of carbonyl (C=O) groups excluding carboxylic acids is 4. The van der Waals surface area contributed by atoms with Gasteiger partial charge in [0.1, 0.15) is 35.8 Å². The van der Waals surface area contributed by atoms with Crippen molar-refractivity contribution in [1.29, 1.82) is 0 Å². The van der Waals surface area contributed by atoms with Gasteiger partial charge in [0, 0.05) is 18.5 Å². The van der Waals surface area contributed by atoms with E-state index in [1.54, 1.807) is 6.92 Å². The highest BCUT2D eigenvalue weighted by atomic mass is 16.3. The lowest BCUT2D eigenvalue weighted by Gasteiger charge is -2.21. The van der Waals surface area contributed by atoms with Gasteiger partial charge in [-0.2, -0.15) is 0 Å². The molecule has 4 aromatic rings. The third-order valence-electron chi connectivity index (χ3n) is 7.14. The number of imidazole rings is 1. The fourth-order valence-electron chi connectivity index (χ4n) is 4.85. The molecule has 0 unspecified atom stereocenters. The van der Waals surface area contributed by atoms with E-state index < -0.39 is 35.8 Å². The van der Waals surface area contributed by atoms with Gasteiger partial charge in [-0.1, -0.05) is 60.7 Å². The molecule has 3 heterocycles. The number of hydrogen-bond acceptors (Lipinski definition) is 7. The smallest absolute Gasteiger partial charge is 0.273 e. The number of amides is 4. The largest absolute Gasteiger partial charge is 0.446 e. The summed E-state index contributed by atoms with van der Waals surface area (Å²) in [6.45, 7) is 1.99. The van der Waals surface area contributed by atoms with Crippen LogP contribution in [0, 0.1) is 0 Å². The first-order valence-corrected chi connectivity index (χ1v) is 14.2. The highest BCUT2D eigenvalue weighted by Crippen LogP contribution is 2.20. The van der Waals surface area contributed by atoms with Gasteiger partial charge >= 0.3 is 0 Å². The zero-order valence-corrected chi connectivity index (χ0v) is 23.6. The van der Waals surface area contributed by atoms with Crippen LogP contribution in [0.25, 0.3) is 11.3 Å². The number of nitrogens with one attached hydrogen (secondary N) is 5. The number of aromatic amines is 1. The second kappa shape index (κ2) is 13.6. The second-order valence-corrected chi connectivity index (χ2v) is 10.3. The van der Waals surface area contributed by atoms with Crippen molar-refractivity contribution in [2.24, 2.45) is 0 Å². The van der Waals surface area contributed by atoms with Gasteiger partial charge in [0.15, 0.2) is 5.69 Å². The monoisotopic (exact) mass is 583 g/mol. The molecule has 222 valence electrons. The normalized spacial score (nSPS) is 20.0. The molecular weight excluding hydrogens is 550 g/mol. The van der Waals surface area contributed by atoms with Crippen LogP contribution in [0.1, 0.15) is 64.7 Å². The fraction of sp³-hybridized carbons (Fsp3) is 0.290. The summed E-state index contributed by atoms with van der Waals surface area (Å²) >= 11 is 0. The summed E-state index contributed by atoms with van der Waals surface area (Å²) in [4.78, 5) is 64.2. The molecule has 0 fully saturated rings. The summed E-state index contributed by atoms with van der Waals surface area (Å²) < 4.78 is 5.50. The zero-order chi connectivity index (χ0) is 30.2. The van der Waals surface area contributed by atoms with Crippen molar-refractivity contribution < 1.29 is 23.6 Å². The van der Waals surface area contributed by atoms with Crippen molar-refractivity contribution in [2.45, 2.75) is 50.7 Å². The van der Waals surface area contributed by atoms with Gasteiger partial charge in [-0.25, -0.2) is 9.97 Å². The Bertz CT molecular complexity index is 1570. The first kappa shape index (κ1) is 29.2. The molecule has 0 aliphatic carbocycles. The predicted molar refractivity (Wildman–Crippen MR) is 157 cm³/mol. The van der Waals surface area contributed by atoms with Gasteiger partial charge in [-0.05, 0) is 31.7 Å². The Morgan fingerprint density at radius 1 is 0.977 bits per heavy atom. The van der Waals surface area contributed by atoms with Gasteiger partial charge in [0.25, 0.3) is 11.8 Å². The summed E-state index contributed by atoms with van der Waals surface area (Å²) in [6, 6.07) is 16.2. The maximum absolute atomic E-state index is 13.4. The summed E-state index contributed by atoms with van der Waals surface area (Å²) in [5, 5.41) is 11.3. The van der Waals surface area contributed by atoms with Crippen LogP contribution in [0.4, 0.5) is 0 Å². The molecule has 43 heavy (non-hydrogen) atoms. The summed E-state index contributed by atoms with van der Waals surface area (Å²) in [7, 11) is 0. The zero-order valence-electron chi connectivity index (χ0n) is 23.6. The van der Waals surface area contributed by atoms with Gasteiger partial charge in [0.2, 0.25) is 17.7 Å². The lowest BCUT2D eigenvalue weighted by Crippen LogP contribution is -2.49. The Morgan fingerprint density at radius 2 is 1.72 bits per heavy atom. The molecule has 5 rings (SSSR count). The molecule has 0 spiro atoms. The maximum Gasteiger partial charge on any atom is 0.273 e. The van der Waals surface area contributed by atoms with Gasteiger partial charge < -0.3 is 30.7 Å². The standard InChI is InChI=1S/C31H33N7O5/c1-19-31-38-24(17-43-31)29(41)37-23(16-20-10-4-2-5-11-20)27(39)32-15-9-8-14-22(28(40)35-19)36-30(42)26-25(33-18-34-26)21-12-6-3-7-13-21/h2-7,10-13,17-19,22-23H,8-9,14-16H2,1H3,(H,32,39)(H,33,34)(H,35,40)(H,36,42)(H,37,41)/t19-,22-,23-/m0/s1. The lowest BCUT2D eigenvalue weighted by atomic mass is 10.0. The highest BCUT2D eigenvalue weighted by molar-refractivity contribution is 6.00. The van der Waals surface area contributed by atoms with E-state index in [4.69, 9.17) is 4.42 Å². The van der Waals surface area contributed by atoms with E-state index in [2.05, 4.69) is 36.2 Å². The van der Waals surface area contributed by atoms with Crippen molar-refractivity contribution in [2.75, 3.05) is 6.54 Å². The quantitative estimate of drug-likeness (QED) is 0.240. The SMILES string of the molecule is C[C@@H]1NC(=O)[C@@H](NC(=O)c2[nH]cnc2-c2ccccc2)CCCCNC(=O)[C@H](Cc2ccccc2)NC(=O)c2coc1n2. The minimum atomic E-state index is -0.894. The minimum Gasteiger partial charge on any atom is -0.446 e. The molecular formula is C31H33N7O5. The first-order valence-electron chi connectivity index (χ1n) is 14.2. The fourth-order valence-corrected chi connectivity index (χ4v) is 4.85. The summed E-state index contributed by atoms with van der Waals surface area (Å²) in [5.41, 5.74) is 2.33. The average Bonchev–Trinajstić information content (AvgIpc) is 3.71. The number of hydrogen-bond donors (Lipinski definition) is 5. The van der Waals surface area contributed by atoms with Crippen LogP contribution in [0.2, 0.25) is 0 Å². The first-order chi connectivity index (χ1) is 20.9. The lowest BCUT2D eigenvalue weighted by molar-refractivity contribution is -0.124. The number of benzene rings is 2. The van der Waals surface area contributed by atoms with Crippen molar-refractivity contribution >= 4 is 23.6 Å². The van der Waals surface area contributed by atoms with E-state index >= 15 is 0 Å². The van der Waals surface area contributed by atoms with Crippen LogP contribution >= 0.6 is 0 Å². The van der Waals surface area contributed by atoms with Crippen molar-refractivity contribution in [3.63, 3.8) is 0 Å². The molecule has 12 heteroatoms. The Hall–Kier alpha value is -5.26.